The Balaban J connectivity index is 0.000000527. The van der Waals surface area contributed by atoms with E-state index in [2.05, 4.69) is 22.4 Å². The summed E-state index contributed by atoms with van der Waals surface area (Å²) in [6.45, 7) is 4.83. The van der Waals surface area contributed by atoms with Crippen molar-refractivity contribution >= 4 is 17.8 Å². The van der Waals surface area contributed by atoms with E-state index in [1.165, 1.54) is 25.8 Å². The number of likely N-dealkylation sites (tertiary alicyclic amines) is 1. The molecule has 1 fully saturated rings. The number of allylic oxidation sites excluding steroid dienone is 2. The second kappa shape index (κ2) is 13.3. The number of nitrogens with zero attached hydrogens (tertiary/aromatic N) is 1. The van der Waals surface area contributed by atoms with Gasteiger partial charge < -0.3 is 25.2 Å². The Morgan fingerprint density at radius 1 is 1.11 bits per heavy atom. The summed E-state index contributed by atoms with van der Waals surface area (Å²) >= 11 is 0. The monoisotopic (exact) mass is 384 g/mol. The number of hydrogen-bond donors (Lipinski definition) is 3. The van der Waals surface area contributed by atoms with E-state index in [-0.39, 0.29) is 11.8 Å². The molecular weight excluding hydrogens is 352 g/mol. The van der Waals surface area contributed by atoms with Gasteiger partial charge >= 0.3 is 11.9 Å². The first kappa shape index (κ1) is 23.1. The third-order valence-corrected chi connectivity index (χ3v) is 4.86. The molecule has 3 N–H and O–H groups in total. The molecule has 0 aromatic heterocycles. The standard InChI is InChI=1S/C17H30N2O2.C2H2O4/c1-21-13-5-10-18-17(20)16-8-11-19(12-9-16)14-15-6-3-2-4-7-15;3-1(4)2(5)6/h2-3,15-16H,4-14H2,1H3,(H,18,20);(H,3,4)(H,5,6). The van der Waals surface area contributed by atoms with Crippen LogP contribution in [0.25, 0.3) is 0 Å². The second-order valence-electron chi connectivity index (χ2n) is 6.97. The molecule has 8 heteroatoms. The predicted molar refractivity (Wildman–Crippen MR) is 100 cm³/mol. The number of piperidine rings is 1. The summed E-state index contributed by atoms with van der Waals surface area (Å²) in [6.07, 6.45) is 11.4. The maximum atomic E-state index is 12.1. The van der Waals surface area contributed by atoms with Gasteiger partial charge in [-0.25, -0.2) is 9.59 Å². The summed E-state index contributed by atoms with van der Waals surface area (Å²) in [6, 6.07) is 0. The van der Waals surface area contributed by atoms with Gasteiger partial charge in [0.2, 0.25) is 5.91 Å². The molecule has 0 bridgehead atoms. The van der Waals surface area contributed by atoms with Crippen LogP contribution in [0.2, 0.25) is 0 Å². The number of amides is 1. The van der Waals surface area contributed by atoms with E-state index < -0.39 is 11.9 Å². The van der Waals surface area contributed by atoms with Gasteiger partial charge in [0.05, 0.1) is 0 Å². The molecule has 1 aliphatic heterocycles. The van der Waals surface area contributed by atoms with Crippen LogP contribution < -0.4 is 5.32 Å². The summed E-state index contributed by atoms with van der Waals surface area (Å²) in [5, 5.41) is 17.8. The molecule has 0 spiro atoms. The van der Waals surface area contributed by atoms with Crippen LogP contribution in [0.1, 0.15) is 38.5 Å². The Labute approximate surface area is 160 Å². The minimum atomic E-state index is -1.82. The summed E-state index contributed by atoms with van der Waals surface area (Å²) in [7, 11) is 1.69. The van der Waals surface area contributed by atoms with Gasteiger partial charge in [-0.3, -0.25) is 4.79 Å². The third kappa shape index (κ3) is 10.1. The molecule has 0 saturated carbocycles. The Hall–Kier alpha value is -1.93. The smallest absolute Gasteiger partial charge is 0.414 e. The zero-order valence-electron chi connectivity index (χ0n) is 16.1. The number of carbonyl (C=O) groups excluding carboxylic acids is 1. The number of hydrogen-bond acceptors (Lipinski definition) is 5. The van der Waals surface area contributed by atoms with Crippen molar-refractivity contribution in [3.05, 3.63) is 12.2 Å². The summed E-state index contributed by atoms with van der Waals surface area (Å²) in [4.78, 5) is 32.8. The lowest BCUT2D eigenvalue weighted by atomic mass is 9.91. The van der Waals surface area contributed by atoms with E-state index in [9.17, 15) is 4.79 Å². The summed E-state index contributed by atoms with van der Waals surface area (Å²) in [5.41, 5.74) is 0. The Morgan fingerprint density at radius 2 is 1.78 bits per heavy atom. The molecule has 2 aliphatic rings. The average molecular weight is 384 g/mol. The van der Waals surface area contributed by atoms with E-state index in [0.29, 0.717) is 6.61 Å². The number of methoxy groups -OCH3 is 1. The quantitative estimate of drug-likeness (QED) is 0.345. The highest BCUT2D eigenvalue weighted by Crippen LogP contribution is 2.23. The van der Waals surface area contributed by atoms with Crippen LogP contribution in [-0.2, 0) is 19.1 Å². The third-order valence-electron chi connectivity index (χ3n) is 4.86. The van der Waals surface area contributed by atoms with Crippen molar-refractivity contribution in [2.24, 2.45) is 11.8 Å². The Bertz CT molecular complexity index is 488. The van der Waals surface area contributed by atoms with Crippen molar-refractivity contribution in [1.82, 2.24) is 10.2 Å². The molecule has 154 valence electrons. The van der Waals surface area contributed by atoms with Crippen LogP contribution >= 0.6 is 0 Å². The van der Waals surface area contributed by atoms with Crippen molar-refractivity contribution in [2.75, 3.05) is 39.9 Å². The molecule has 1 heterocycles. The first-order valence-electron chi connectivity index (χ1n) is 9.54. The predicted octanol–water partition coefficient (Wildman–Crippen LogP) is 1.36. The van der Waals surface area contributed by atoms with Crippen molar-refractivity contribution < 1.29 is 29.3 Å². The van der Waals surface area contributed by atoms with Gasteiger partial charge in [-0.2, -0.15) is 0 Å². The minimum absolute atomic E-state index is 0.218. The lowest BCUT2D eigenvalue weighted by molar-refractivity contribution is -0.159. The molecule has 27 heavy (non-hydrogen) atoms. The van der Waals surface area contributed by atoms with E-state index in [1.54, 1.807) is 7.11 Å². The molecule has 8 nitrogen and oxygen atoms in total. The van der Waals surface area contributed by atoms with Gasteiger partial charge in [0.15, 0.2) is 0 Å². The van der Waals surface area contributed by atoms with Gasteiger partial charge in [-0.1, -0.05) is 12.2 Å². The highest BCUT2D eigenvalue weighted by Gasteiger charge is 2.26. The molecule has 0 aromatic rings. The van der Waals surface area contributed by atoms with Crippen molar-refractivity contribution in [3.8, 4) is 0 Å². The van der Waals surface area contributed by atoms with Gasteiger partial charge in [-0.05, 0) is 57.5 Å². The van der Waals surface area contributed by atoms with Crippen LogP contribution in [0.5, 0.6) is 0 Å². The molecule has 1 saturated heterocycles. The summed E-state index contributed by atoms with van der Waals surface area (Å²) in [5.74, 6) is -2.36. The van der Waals surface area contributed by atoms with Crippen LogP contribution in [0, 0.1) is 11.8 Å². The fourth-order valence-corrected chi connectivity index (χ4v) is 3.34. The first-order chi connectivity index (χ1) is 12.9. The molecule has 2 rings (SSSR count). The molecule has 1 unspecified atom stereocenters. The lowest BCUT2D eigenvalue weighted by Gasteiger charge is -2.34. The largest absolute Gasteiger partial charge is 0.473 e. The lowest BCUT2D eigenvalue weighted by Crippen LogP contribution is -2.42. The van der Waals surface area contributed by atoms with E-state index in [0.717, 1.165) is 44.8 Å². The van der Waals surface area contributed by atoms with Crippen molar-refractivity contribution in [3.63, 3.8) is 0 Å². The van der Waals surface area contributed by atoms with Crippen LogP contribution in [-0.4, -0.2) is 72.9 Å². The van der Waals surface area contributed by atoms with Crippen molar-refractivity contribution in [2.45, 2.75) is 38.5 Å². The number of nitrogens with one attached hydrogen (secondary N) is 1. The maximum absolute atomic E-state index is 12.1. The first-order valence-corrected chi connectivity index (χ1v) is 9.54. The number of aliphatic carboxylic acids is 2. The topological polar surface area (TPSA) is 116 Å². The summed E-state index contributed by atoms with van der Waals surface area (Å²) < 4.78 is 4.99. The molecule has 1 aliphatic carbocycles. The fraction of sp³-hybridized carbons (Fsp3) is 0.737. The number of ether oxygens (including phenoxy) is 1. The number of rotatable bonds is 7. The highest BCUT2D eigenvalue weighted by atomic mass is 16.5. The van der Waals surface area contributed by atoms with Gasteiger partial charge in [0.1, 0.15) is 0 Å². The van der Waals surface area contributed by atoms with E-state index in [1.807, 2.05) is 0 Å². The zero-order chi connectivity index (χ0) is 20.1. The molecule has 1 atom stereocenters. The SMILES string of the molecule is COCCCNC(=O)C1CCN(CC2CC=CCC2)CC1.O=C(O)C(=O)O. The number of carboxylic acid groups (broad SMARTS) is 2. The Morgan fingerprint density at radius 3 is 2.30 bits per heavy atom. The fourth-order valence-electron chi connectivity index (χ4n) is 3.34. The molecule has 0 aromatic carbocycles. The highest BCUT2D eigenvalue weighted by molar-refractivity contribution is 6.27. The number of carboxylic acids is 2. The molecule has 1 amide bonds. The normalized spacial score (nSPS) is 20.4. The van der Waals surface area contributed by atoms with Crippen molar-refractivity contribution in [1.29, 1.82) is 0 Å². The van der Waals surface area contributed by atoms with Crippen LogP contribution in [0.4, 0.5) is 0 Å². The maximum Gasteiger partial charge on any atom is 0.414 e. The molecular formula is C19H32N2O6. The second-order valence-corrected chi connectivity index (χ2v) is 6.97. The number of carbonyl (C=O) groups is 3. The van der Waals surface area contributed by atoms with E-state index >= 15 is 0 Å². The zero-order valence-corrected chi connectivity index (χ0v) is 16.1. The van der Waals surface area contributed by atoms with Gasteiger partial charge in [-0.15, -0.1) is 0 Å². The van der Waals surface area contributed by atoms with Gasteiger partial charge in [0.25, 0.3) is 0 Å². The minimum Gasteiger partial charge on any atom is -0.473 e. The van der Waals surface area contributed by atoms with Crippen LogP contribution in [0.3, 0.4) is 0 Å². The van der Waals surface area contributed by atoms with Crippen LogP contribution in [0.15, 0.2) is 12.2 Å². The van der Waals surface area contributed by atoms with Gasteiger partial charge in [0, 0.05) is 32.7 Å². The molecule has 0 radical (unpaired) electrons. The Kier molecular flexibility index (Phi) is 11.4. The van der Waals surface area contributed by atoms with E-state index in [4.69, 9.17) is 24.5 Å². The average Bonchev–Trinajstić information content (AvgIpc) is 2.67.